The Morgan fingerprint density at radius 1 is 1.47 bits per heavy atom. The van der Waals surface area contributed by atoms with Crippen molar-refractivity contribution in [1.29, 1.82) is 5.26 Å². The second-order valence-electron chi connectivity index (χ2n) is 3.74. The molecule has 4 heteroatoms. The van der Waals surface area contributed by atoms with Crippen LogP contribution in [0, 0.1) is 11.3 Å². The zero-order valence-electron chi connectivity index (χ0n) is 8.33. The first-order valence-electron chi connectivity index (χ1n) is 5.07. The lowest BCUT2D eigenvalue weighted by atomic mass is 9.91. The number of hydrogen-bond acceptors (Lipinski definition) is 3. The van der Waals surface area contributed by atoms with Crippen molar-refractivity contribution < 1.29 is 0 Å². The predicted molar refractivity (Wildman–Crippen MR) is 58.8 cm³/mol. The van der Waals surface area contributed by atoms with Crippen molar-refractivity contribution in [1.82, 2.24) is 10.3 Å². The summed E-state index contributed by atoms with van der Waals surface area (Å²) in [6.45, 7) is 2.07. The van der Waals surface area contributed by atoms with Crippen LogP contribution in [-0.4, -0.2) is 18.1 Å². The van der Waals surface area contributed by atoms with Crippen LogP contribution in [-0.2, 0) is 0 Å². The van der Waals surface area contributed by atoms with Gasteiger partial charge in [-0.05, 0) is 43.5 Å². The lowest BCUT2D eigenvalue weighted by molar-refractivity contribution is 0.459. The molecular weight excluding hydrogens is 210 g/mol. The summed E-state index contributed by atoms with van der Waals surface area (Å²) < 4.78 is 0. The number of rotatable bonds is 1. The number of halogens is 1. The van der Waals surface area contributed by atoms with E-state index in [0.717, 1.165) is 31.5 Å². The Balaban J connectivity index is 2.25. The van der Waals surface area contributed by atoms with Crippen LogP contribution in [0.15, 0.2) is 12.3 Å². The number of nitrogens with zero attached hydrogens (tertiary/aromatic N) is 2. The molecule has 1 aromatic rings. The molecule has 0 spiro atoms. The van der Waals surface area contributed by atoms with E-state index in [-0.39, 0.29) is 0 Å². The molecule has 1 aromatic heterocycles. The molecule has 1 aliphatic heterocycles. The van der Waals surface area contributed by atoms with Gasteiger partial charge < -0.3 is 5.32 Å². The summed E-state index contributed by atoms with van der Waals surface area (Å²) >= 11 is 5.79. The fourth-order valence-electron chi connectivity index (χ4n) is 1.92. The summed E-state index contributed by atoms with van der Waals surface area (Å²) in [4.78, 5) is 4.05. The molecule has 1 aliphatic rings. The van der Waals surface area contributed by atoms with Gasteiger partial charge in [0.2, 0.25) is 0 Å². The Morgan fingerprint density at radius 3 is 2.87 bits per heavy atom. The normalized spacial score (nSPS) is 17.3. The molecule has 0 radical (unpaired) electrons. The van der Waals surface area contributed by atoms with Gasteiger partial charge in [-0.3, -0.25) is 0 Å². The third kappa shape index (κ3) is 2.28. The van der Waals surface area contributed by atoms with E-state index in [0.29, 0.717) is 16.6 Å². The maximum absolute atomic E-state index is 8.85. The van der Waals surface area contributed by atoms with Gasteiger partial charge in [-0.1, -0.05) is 11.6 Å². The quantitative estimate of drug-likeness (QED) is 0.739. The summed E-state index contributed by atoms with van der Waals surface area (Å²) in [6.07, 6.45) is 4.00. The Hall–Kier alpha value is -1.11. The van der Waals surface area contributed by atoms with E-state index in [4.69, 9.17) is 16.9 Å². The molecule has 1 N–H and O–H groups in total. The summed E-state index contributed by atoms with van der Waals surface area (Å²) in [6, 6.07) is 3.93. The van der Waals surface area contributed by atoms with Crippen molar-refractivity contribution >= 4 is 11.6 Å². The van der Waals surface area contributed by atoms with E-state index in [1.165, 1.54) is 0 Å². The van der Waals surface area contributed by atoms with E-state index in [1.54, 1.807) is 6.20 Å². The number of pyridine rings is 1. The lowest BCUT2D eigenvalue weighted by Gasteiger charge is -2.22. The van der Waals surface area contributed by atoms with Crippen molar-refractivity contribution in [3.63, 3.8) is 0 Å². The fourth-order valence-corrected chi connectivity index (χ4v) is 2.07. The zero-order valence-corrected chi connectivity index (χ0v) is 9.09. The molecule has 0 saturated carbocycles. The first kappa shape index (κ1) is 10.4. The van der Waals surface area contributed by atoms with Gasteiger partial charge in [0.1, 0.15) is 11.2 Å². The zero-order chi connectivity index (χ0) is 10.7. The molecule has 0 aromatic carbocycles. The number of nitriles is 1. The number of hydrogen-bond donors (Lipinski definition) is 1. The molecule has 2 heterocycles. The molecule has 0 aliphatic carbocycles. The van der Waals surface area contributed by atoms with Crippen molar-refractivity contribution in [2.45, 2.75) is 18.8 Å². The van der Waals surface area contributed by atoms with Crippen molar-refractivity contribution in [2.24, 2.45) is 0 Å². The van der Waals surface area contributed by atoms with Crippen LogP contribution in [0.3, 0.4) is 0 Å². The molecule has 1 saturated heterocycles. The Bertz CT molecular complexity index is 391. The largest absolute Gasteiger partial charge is 0.317 e. The molecule has 3 nitrogen and oxygen atoms in total. The van der Waals surface area contributed by atoms with Crippen molar-refractivity contribution in [3.05, 3.63) is 28.5 Å². The van der Waals surface area contributed by atoms with E-state index >= 15 is 0 Å². The molecular formula is C11H12ClN3. The average Bonchev–Trinajstić information content (AvgIpc) is 2.31. The van der Waals surface area contributed by atoms with Gasteiger partial charge in [-0.25, -0.2) is 4.98 Å². The molecule has 78 valence electrons. The molecule has 2 rings (SSSR count). The minimum absolute atomic E-state index is 0.301. The second kappa shape index (κ2) is 4.61. The first-order chi connectivity index (χ1) is 7.31. The Labute approximate surface area is 94.1 Å². The van der Waals surface area contributed by atoms with Gasteiger partial charge in [0.15, 0.2) is 0 Å². The Morgan fingerprint density at radius 2 is 2.20 bits per heavy atom. The highest BCUT2D eigenvalue weighted by molar-refractivity contribution is 6.30. The summed E-state index contributed by atoms with van der Waals surface area (Å²) in [5.74, 6) is 0.517. The SMILES string of the molecule is N#Cc1cc(C2CCNCC2)cnc1Cl. The van der Waals surface area contributed by atoms with Gasteiger partial charge in [-0.15, -0.1) is 0 Å². The highest BCUT2D eigenvalue weighted by Crippen LogP contribution is 2.26. The number of aromatic nitrogens is 1. The monoisotopic (exact) mass is 221 g/mol. The third-order valence-corrected chi connectivity index (χ3v) is 3.09. The second-order valence-corrected chi connectivity index (χ2v) is 4.10. The van der Waals surface area contributed by atoms with Crippen molar-refractivity contribution in [3.8, 4) is 6.07 Å². The summed E-state index contributed by atoms with van der Waals surface area (Å²) in [7, 11) is 0. The maximum atomic E-state index is 8.85. The predicted octanol–water partition coefficient (Wildman–Crippen LogP) is 2.07. The third-order valence-electron chi connectivity index (χ3n) is 2.79. The molecule has 0 bridgehead atoms. The van der Waals surface area contributed by atoms with Crippen LogP contribution >= 0.6 is 11.6 Å². The van der Waals surface area contributed by atoms with E-state index in [1.807, 2.05) is 6.07 Å². The highest BCUT2D eigenvalue weighted by atomic mass is 35.5. The lowest BCUT2D eigenvalue weighted by Crippen LogP contribution is -2.26. The van der Waals surface area contributed by atoms with Gasteiger partial charge in [-0.2, -0.15) is 5.26 Å². The van der Waals surface area contributed by atoms with Crippen LogP contribution in [0.25, 0.3) is 0 Å². The molecule has 0 unspecified atom stereocenters. The minimum atomic E-state index is 0.301. The van der Waals surface area contributed by atoms with Gasteiger partial charge in [0.05, 0.1) is 5.56 Å². The molecule has 0 atom stereocenters. The highest BCUT2D eigenvalue weighted by Gasteiger charge is 2.16. The molecule has 1 fully saturated rings. The Kier molecular flexibility index (Phi) is 3.20. The van der Waals surface area contributed by atoms with Crippen LogP contribution in [0.4, 0.5) is 0 Å². The maximum Gasteiger partial charge on any atom is 0.146 e. The number of nitrogens with one attached hydrogen (secondary N) is 1. The van der Waals surface area contributed by atoms with Crippen LogP contribution in [0.1, 0.15) is 29.9 Å². The molecule has 0 amide bonds. The van der Waals surface area contributed by atoms with Crippen LogP contribution in [0.5, 0.6) is 0 Å². The number of piperidine rings is 1. The van der Waals surface area contributed by atoms with Gasteiger partial charge in [0.25, 0.3) is 0 Å². The minimum Gasteiger partial charge on any atom is -0.317 e. The van der Waals surface area contributed by atoms with E-state index in [9.17, 15) is 0 Å². The summed E-state index contributed by atoms with van der Waals surface area (Å²) in [5, 5.41) is 12.5. The van der Waals surface area contributed by atoms with Gasteiger partial charge in [0, 0.05) is 6.20 Å². The summed E-state index contributed by atoms with van der Waals surface area (Å²) in [5.41, 5.74) is 1.62. The van der Waals surface area contributed by atoms with Crippen LogP contribution in [0.2, 0.25) is 5.15 Å². The standard InChI is InChI=1S/C11H12ClN3/c12-11-9(6-13)5-10(7-15-11)8-1-3-14-4-2-8/h5,7-8,14H,1-4H2. The van der Waals surface area contributed by atoms with E-state index in [2.05, 4.69) is 16.4 Å². The van der Waals surface area contributed by atoms with E-state index < -0.39 is 0 Å². The first-order valence-corrected chi connectivity index (χ1v) is 5.45. The average molecular weight is 222 g/mol. The molecule has 15 heavy (non-hydrogen) atoms. The van der Waals surface area contributed by atoms with Gasteiger partial charge >= 0.3 is 0 Å². The van der Waals surface area contributed by atoms with Crippen LogP contribution < -0.4 is 5.32 Å². The topological polar surface area (TPSA) is 48.7 Å². The van der Waals surface area contributed by atoms with Crippen molar-refractivity contribution in [2.75, 3.05) is 13.1 Å². The smallest absolute Gasteiger partial charge is 0.146 e. The fraction of sp³-hybridized carbons (Fsp3) is 0.455.